The van der Waals surface area contributed by atoms with Gasteiger partial charge in [0.2, 0.25) is 0 Å². The summed E-state index contributed by atoms with van der Waals surface area (Å²) in [5.74, 6) is 2.28. The summed E-state index contributed by atoms with van der Waals surface area (Å²) in [6.07, 6.45) is 0.888. The first kappa shape index (κ1) is 22.9. The predicted octanol–water partition coefficient (Wildman–Crippen LogP) is 3.29. The zero-order chi connectivity index (χ0) is 21.9. The maximum Gasteiger partial charge on any atom is 0.196 e. The second-order valence-electron chi connectivity index (χ2n) is 7.65. The first-order valence-electron chi connectivity index (χ1n) is 10.8. The van der Waals surface area contributed by atoms with Gasteiger partial charge in [-0.3, -0.25) is 0 Å². The molecule has 0 atom stereocenters. The van der Waals surface area contributed by atoms with Gasteiger partial charge in [-0.1, -0.05) is 24.3 Å². The Hall–Kier alpha value is -2.77. The van der Waals surface area contributed by atoms with Gasteiger partial charge in [-0.05, 0) is 37.2 Å². The Labute approximate surface area is 185 Å². The highest BCUT2D eigenvalue weighted by atomic mass is 16.5. The van der Waals surface area contributed by atoms with Crippen LogP contribution in [-0.4, -0.2) is 64.5 Å². The van der Waals surface area contributed by atoms with Gasteiger partial charge in [0.15, 0.2) is 17.5 Å². The first-order valence-corrected chi connectivity index (χ1v) is 10.8. The van der Waals surface area contributed by atoms with E-state index in [4.69, 9.17) is 19.2 Å². The smallest absolute Gasteiger partial charge is 0.196 e. The SMILES string of the molecule is COCCN(C)CCNC(=NCc1ccccc1C)Nc1ccc2c(c1)OCCCO2. The molecular formula is C24H34N4O3. The summed E-state index contributed by atoms with van der Waals surface area (Å²) < 4.78 is 16.7. The summed E-state index contributed by atoms with van der Waals surface area (Å²) in [4.78, 5) is 7.04. The van der Waals surface area contributed by atoms with Crippen molar-refractivity contribution in [1.29, 1.82) is 0 Å². The molecule has 2 aromatic rings. The third kappa shape index (κ3) is 7.45. The Morgan fingerprint density at radius 2 is 1.90 bits per heavy atom. The van der Waals surface area contributed by atoms with E-state index in [0.717, 1.165) is 55.8 Å². The zero-order valence-electron chi connectivity index (χ0n) is 18.8. The molecule has 0 fully saturated rings. The van der Waals surface area contributed by atoms with Crippen LogP contribution in [0.3, 0.4) is 0 Å². The number of hydrogen-bond acceptors (Lipinski definition) is 5. The third-order valence-electron chi connectivity index (χ3n) is 5.14. The Kier molecular flexibility index (Phi) is 8.99. The summed E-state index contributed by atoms with van der Waals surface area (Å²) in [6, 6.07) is 14.2. The third-order valence-corrected chi connectivity index (χ3v) is 5.14. The molecule has 0 saturated heterocycles. The number of aryl methyl sites for hydroxylation is 1. The molecule has 1 heterocycles. The van der Waals surface area contributed by atoms with Gasteiger partial charge in [-0.15, -0.1) is 0 Å². The molecule has 1 aliphatic rings. The van der Waals surface area contributed by atoms with E-state index in [1.807, 2.05) is 30.3 Å². The van der Waals surface area contributed by atoms with Crippen molar-refractivity contribution >= 4 is 11.6 Å². The summed E-state index contributed by atoms with van der Waals surface area (Å²) in [6.45, 7) is 7.33. The highest BCUT2D eigenvalue weighted by molar-refractivity contribution is 5.94. The number of anilines is 1. The van der Waals surface area contributed by atoms with E-state index in [9.17, 15) is 0 Å². The number of rotatable bonds is 9. The van der Waals surface area contributed by atoms with Gasteiger partial charge < -0.3 is 29.7 Å². The van der Waals surface area contributed by atoms with E-state index < -0.39 is 0 Å². The molecule has 1 aliphatic heterocycles. The van der Waals surface area contributed by atoms with Crippen LogP contribution in [-0.2, 0) is 11.3 Å². The van der Waals surface area contributed by atoms with Crippen molar-refractivity contribution in [2.24, 2.45) is 4.99 Å². The lowest BCUT2D eigenvalue weighted by atomic mass is 10.1. The van der Waals surface area contributed by atoms with E-state index in [1.165, 1.54) is 11.1 Å². The van der Waals surface area contributed by atoms with Crippen LogP contribution in [0.25, 0.3) is 0 Å². The molecule has 0 saturated carbocycles. The fourth-order valence-corrected chi connectivity index (χ4v) is 3.19. The van der Waals surface area contributed by atoms with Crippen LogP contribution in [0, 0.1) is 6.92 Å². The Morgan fingerprint density at radius 1 is 1.10 bits per heavy atom. The second kappa shape index (κ2) is 12.2. The number of nitrogens with zero attached hydrogens (tertiary/aromatic N) is 2. The van der Waals surface area contributed by atoms with Gasteiger partial charge in [0.25, 0.3) is 0 Å². The van der Waals surface area contributed by atoms with E-state index in [1.54, 1.807) is 7.11 Å². The van der Waals surface area contributed by atoms with Crippen LogP contribution in [0.1, 0.15) is 17.5 Å². The van der Waals surface area contributed by atoms with Crippen LogP contribution >= 0.6 is 0 Å². The minimum absolute atomic E-state index is 0.603. The standard InChI is InChI=1S/C24H34N4O3/c1-19-7-4-5-8-20(19)18-26-24(25-11-12-28(2)13-16-29-3)27-21-9-10-22-23(17-21)31-15-6-14-30-22/h4-5,7-10,17H,6,11-16,18H2,1-3H3,(H2,25,26,27). The van der Waals surface area contributed by atoms with Gasteiger partial charge in [0.1, 0.15) is 0 Å². The van der Waals surface area contributed by atoms with Gasteiger partial charge in [0.05, 0.1) is 26.4 Å². The van der Waals surface area contributed by atoms with Gasteiger partial charge >= 0.3 is 0 Å². The number of likely N-dealkylation sites (N-methyl/N-ethyl adjacent to an activating group) is 1. The normalized spacial score (nSPS) is 13.7. The average molecular weight is 427 g/mol. The van der Waals surface area contributed by atoms with E-state index in [0.29, 0.717) is 19.8 Å². The molecule has 3 rings (SSSR count). The quantitative estimate of drug-likeness (QED) is 0.474. The molecule has 0 bridgehead atoms. The number of methoxy groups -OCH3 is 1. The summed E-state index contributed by atoms with van der Waals surface area (Å²) >= 11 is 0. The number of aliphatic imine (C=N–C) groups is 1. The molecule has 0 aromatic heterocycles. The number of fused-ring (bicyclic) bond motifs is 1. The van der Waals surface area contributed by atoms with E-state index in [-0.39, 0.29) is 0 Å². The van der Waals surface area contributed by atoms with Crippen molar-refractivity contribution in [2.45, 2.75) is 19.9 Å². The molecule has 0 spiro atoms. The molecule has 0 unspecified atom stereocenters. The summed E-state index contributed by atoms with van der Waals surface area (Å²) in [5, 5.41) is 6.86. The van der Waals surface area contributed by atoms with Crippen molar-refractivity contribution in [2.75, 3.05) is 58.9 Å². The van der Waals surface area contributed by atoms with Crippen LogP contribution in [0.15, 0.2) is 47.5 Å². The summed E-state index contributed by atoms with van der Waals surface area (Å²) in [7, 11) is 3.81. The van der Waals surface area contributed by atoms with Crippen LogP contribution in [0.5, 0.6) is 11.5 Å². The van der Waals surface area contributed by atoms with E-state index in [2.05, 4.69) is 41.6 Å². The highest BCUT2D eigenvalue weighted by Crippen LogP contribution is 2.32. The number of guanidine groups is 1. The van der Waals surface area contributed by atoms with Crippen LogP contribution < -0.4 is 20.1 Å². The van der Waals surface area contributed by atoms with Crippen molar-refractivity contribution in [3.05, 3.63) is 53.6 Å². The zero-order valence-corrected chi connectivity index (χ0v) is 18.8. The fraction of sp³-hybridized carbons (Fsp3) is 0.458. The molecule has 2 aromatic carbocycles. The second-order valence-corrected chi connectivity index (χ2v) is 7.65. The van der Waals surface area contributed by atoms with Crippen molar-refractivity contribution in [3.8, 4) is 11.5 Å². The molecule has 0 radical (unpaired) electrons. The molecule has 7 heteroatoms. The van der Waals surface area contributed by atoms with Gasteiger partial charge in [-0.25, -0.2) is 4.99 Å². The minimum Gasteiger partial charge on any atom is -0.490 e. The first-order chi connectivity index (χ1) is 15.2. The number of benzene rings is 2. The fourth-order valence-electron chi connectivity index (χ4n) is 3.19. The lowest BCUT2D eigenvalue weighted by Gasteiger charge is -2.18. The minimum atomic E-state index is 0.603. The van der Waals surface area contributed by atoms with Crippen molar-refractivity contribution in [3.63, 3.8) is 0 Å². The largest absolute Gasteiger partial charge is 0.490 e. The van der Waals surface area contributed by atoms with Crippen LogP contribution in [0.2, 0.25) is 0 Å². The van der Waals surface area contributed by atoms with Crippen molar-refractivity contribution in [1.82, 2.24) is 10.2 Å². The molecular weight excluding hydrogens is 392 g/mol. The summed E-state index contributed by atoms with van der Waals surface area (Å²) in [5.41, 5.74) is 3.35. The molecule has 7 nitrogen and oxygen atoms in total. The van der Waals surface area contributed by atoms with Crippen LogP contribution in [0.4, 0.5) is 5.69 Å². The lowest BCUT2D eigenvalue weighted by molar-refractivity contribution is 0.162. The highest BCUT2D eigenvalue weighted by Gasteiger charge is 2.11. The van der Waals surface area contributed by atoms with Crippen molar-refractivity contribution < 1.29 is 14.2 Å². The molecule has 0 aliphatic carbocycles. The molecule has 2 N–H and O–H groups in total. The number of hydrogen-bond donors (Lipinski definition) is 2. The molecule has 0 amide bonds. The lowest BCUT2D eigenvalue weighted by Crippen LogP contribution is -2.37. The molecule has 31 heavy (non-hydrogen) atoms. The monoisotopic (exact) mass is 426 g/mol. The van der Waals surface area contributed by atoms with E-state index >= 15 is 0 Å². The Bertz CT molecular complexity index is 856. The average Bonchev–Trinajstić information content (AvgIpc) is 3.02. The maximum absolute atomic E-state index is 5.82. The topological polar surface area (TPSA) is 67.4 Å². The predicted molar refractivity (Wildman–Crippen MR) is 125 cm³/mol. The Morgan fingerprint density at radius 3 is 2.71 bits per heavy atom. The Balaban J connectivity index is 1.68. The van der Waals surface area contributed by atoms with Gasteiger partial charge in [-0.2, -0.15) is 0 Å². The number of nitrogens with one attached hydrogen (secondary N) is 2. The molecule has 168 valence electrons. The maximum atomic E-state index is 5.82. The van der Waals surface area contributed by atoms with Gasteiger partial charge in [0, 0.05) is 44.9 Å². The number of ether oxygens (including phenoxy) is 3.